The second-order valence-electron chi connectivity index (χ2n) is 9.63. The number of likely N-dealkylation sites (N-methyl/N-ethyl adjacent to an activating group) is 1. The van der Waals surface area contributed by atoms with E-state index in [1.165, 1.54) is 16.7 Å². The smallest absolute Gasteiger partial charge is 0.377 e. The van der Waals surface area contributed by atoms with Crippen LogP contribution in [0.25, 0.3) is 0 Å². The van der Waals surface area contributed by atoms with E-state index in [4.69, 9.17) is 21.5 Å². The highest BCUT2D eigenvalue weighted by atomic mass is 35.5. The maximum atomic E-state index is 12.1. The second-order valence-corrected chi connectivity index (χ2v) is 10.1. The highest BCUT2D eigenvalue weighted by molar-refractivity contribution is 6.30. The average Bonchev–Trinajstić information content (AvgIpc) is 3.09. The second kappa shape index (κ2) is 8.50. The molecule has 2 aromatic rings. The largest absolute Gasteiger partial charge is 0.481 e. The van der Waals surface area contributed by atoms with Crippen molar-refractivity contribution in [1.29, 1.82) is 0 Å². The standard InChI is InChI=1S/C25H29ClN2O4/c1-25(2)16-27(11-12-28(25,3)32-24(31)15-23(29)30)22-14-20(17-7-5-4-6-8-17)19-10-9-18(26)13-21(19)22/h4-10,13,20,22H,11-12,14-16H2,1-3H3/p+1/t20-,22+,28?/m0/s1. The lowest BCUT2D eigenvalue weighted by Crippen LogP contribution is -2.69. The summed E-state index contributed by atoms with van der Waals surface area (Å²) in [4.78, 5) is 31.1. The Morgan fingerprint density at radius 1 is 1.19 bits per heavy atom. The lowest BCUT2D eigenvalue weighted by Gasteiger charge is -2.51. The number of carboxylic acid groups (broad SMARTS) is 1. The number of hydroxylamine groups is 3. The van der Waals surface area contributed by atoms with Gasteiger partial charge < -0.3 is 5.11 Å². The summed E-state index contributed by atoms with van der Waals surface area (Å²) in [6.45, 7) is 6.16. The van der Waals surface area contributed by atoms with Gasteiger partial charge in [-0.2, -0.15) is 0 Å². The number of aliphatic carboxylic acids is 1. The number of nitrogens with zero attached hydrogens (tertiary/aromatic N) is 2. The van der Waals surface area contributed by atoms with Gasteiger partial charge >= 0.3 is 11.9 Å². The van der Waals surface area contributed by atoms with Gasteiger partial charge in [-0.1, -0.05) is 48.0 Å². The molecule has 1 saturated heterocycles. The van der Waals surface area contributed by atoms with Crippen LogP contribution in [-0.2, 0) is 14.4 Å². The lowest BCUT2D eigenvalue weighted by molar-refractivity contribution is -1.11. The highest BCUT2D eigenvalue weighted by Gasteiger charge is 2.52. The summed E-state index contributed by atoms with van der Waals surface area (Å²) in [6.07, 6.45) is 0.346. The van der Waals surface area contributed by atoms with Crippen molar-refractivity contribution in [2.45, 2.75) is 44.2 Å². The van der Waals surface area contributed by atoms with E-state index in [0.717, 1.165) is 18.0 Å². The van der Waals surface area contributed by atoms with Crippen molar-refractivity contribution < 1.29 is 24.2 Å². The maximum Gasteiger partial charge on any atom is 0.377 e. The van der Waals surface area contributed by atoms with Crippen LogP contribution in [0.3, 0.4) is 0 Å². The Labute approximate surface area is 193 Å². The van der Waals surface area contributed by atoms with Crippen molar-refractivity contribution in [1.82, 2.24) is 4.90 Å². The SMILES string of the molecule is CC1(C)CN([C@@H]2C[C@@H](c3ccccc3)c3ccc(Cl)cc32)CC[N+]1(C)OC(=O)CC(=O)O. The molecule has 0 spiro atoms. The van der Waals surface area contributed by atoms with E-state index in [9.17, 15) is 9.59 Å². The Morgan fingerprint density at radius 2 is 1.91 bits per heavy atom. The topological polar surface area (TPSA) is 66.8 Å². The number of quaternary nitrogens is 1. The summed E-state index contributed by atoms with van der Waals surface area (Å²) in [6, 6.07) is 17.0. The molecule has 3 atom stereocenters. The van der Waals surface area contributed by atoms with Crippen LogP contribution in [-0.4, -0.2) is 58.8 Å². The van der Waals surface area contributed by atoms with Crippen LogP contribution in [0.4, 0.5) is 0 Å². The van der Waals surface area contributed by atoms with Crippen LogP contribution in [0, 0.1) is 0 Å². The Hall–Kier alpha value is -2.41. The third kappa shape index (κ3) is 4.27. The van der Waals surface area contributed by atoms with Gasteiger partial charge in [0.2, 0.25) is 0 Å². The highest BCUT2D eigenvalue weighted by Crippen LogP contribution is 2.48. The maximum absolute atomic E-state index is 12.1. The van der Waals surface area contributed by atoms with E-state index < -0.39 is 23.9 Å². The van der Waals surface area contributed by atoms with Crippen LogP contribution in [0.1, 0.15) is 55.3 Å². The molecule has 170 valence electrons. The Balaban J connectivity index is 1.58. The van der Waals surface area contributed by atoms with Crippen LogP contribution in [0.15, 0.2) is 48.5 Å². The molecular weight excluding hydrogens is 428 g/mol. The first-order valence-corrected chi connectivity index (χ1v) is 11.4. The molecule has 0 saturated carbocycles. The number of carboxylic acids is 1. The molecule has 6 nitrogen and oxygen atoms in total. The normalized spacial score (nSPS) is 27.0. The van der Waals surface area contributed by atoms with E-state index in [2.05, 4.69) is 55.1 Å². The van der Waals surface area contributed by atoms with Gasteiger partial charge in [0, 0.05) is 17.0 Å². The van der Waals surface area contributed by atoms with E-state index in [1.807, 2.05) is 19.2 Å². The van der Waals surface area contributed by atoms with Crippen molar-refractivity contribution in [2.24, 2.45) is 0 Å². The number of fused-ring (bicyclic) bond motifs is 1. The summed E-state index contributed by atoms with van der Waals surface area (Å²) < 4.78 is 0.0624. The Bertz CT molecular complexity index is 1030. The Morgan fingerprint density at radius 3 is 2.56 bits per heavy atom. The first-order chi connectivity index (χ1) is 15.1. The van der Waals surface area contributed by atoms with E-state index >= 15 is 0 Å². The summed E-state index contributed by atoms with van der Waals surface area (Å²) in [5.74, 6) is -1.57. The van der Waals surface area contributed by atoms with Crippen LogP contribution in [0.2, 0.25) is 5.02 Å². The first kappa shape index (κ1) is 22.8. The number of piperazine rings is 1. The quantitative estimate of drug-likeness (QED) is 0.532. The number of carbonyl (C=O) groups is 2. The molecule has 1 aliphatic carbocycles. The molecule has 2 aromatic carbocycles. The van der Waals surface area contributed by atoms with Crippen molar-refractivity contribution >= 4 is 23.5 Å². The fourth-order valence-electron chi connectivity index (χ4n) is 5.14. The molecule has 1 N–H and O–H groups in total. The molecule has 0 radical (unpaired) electrons. The van der Waals surface area contributed by atoms with Gasteiger partial charge in [-0.05, 0) is 49.1 Å². The van der Waals surface area contributed by atoms with Crippen LogP contribution in [0.5, 0.6) is 0 Å². The number of rotatable bonds is 5. The van der Waals surface area contributed by atoms with Gasteiger partial charge in [0.1, 0.15) is 25.6 Å². The van der Waals surface area contributed by atoms with Crippen molar-refractivity contribution in [3.63, 3.8) is 0 Å². The van der Waals surface area contributed by atoms with E-state index in [1.54, 1.807) is 0 Å². The van der Waals surface area contributed by atoms with Gasteiger partial charge in [0.05, 0.1) is 13.1 Å². The molecule has 0 aromatic heterocycles. The fourth-order valence-corrected chi connectivity index (χ4v) is 5.32. The summed E-state index contributed by atoms with van der Waals surface area (Å²) in [7, 11) is 1.86. The molecule has 4 rings (SSSR count). The molecule has 1 fully saturated rings. The predicted octanol–water partition coefficient (Wildman–Crippen LogP) is 4.39. The van der Waals surface area contributed by atoms with E-state index in [0.29, 0.717) is 19.0 Å². The van der Waals surface area contributed by atoms with Crippen molar-refractivity contribution in [2.75, 3.05) is 26.7 Å². The molecule has 2 aliphatic rings. The van der Waals surface area contributed by atoms with Gasteiger partial charge in [-0.3, -0.25) is 14.5 Å². The number of halogens is 1. The lowest BCUT2D eigenvalue weighted by atomic mass is 9.93. The molecule has 0 amide bonds. The van der Waals surface area contributed by atoms with Gasteiger partial charge in [-0.25, -0.2) is 4.79 Å². The fraction of sp³-hybridized carbons (Fsp3) is 0.440. The van der Waals surface area contributed by atoms with Gasteiger partial charge in [0.15, 0.2) is 0 Å². The molecule has 1 heterocycles. The minimum atomic E-state index is -1.18. The van der Waals surface area contributed by atoms with E-state index in [-0.39, 0.29) is 10.7 Å². The zero-order valence-electron chi connectivity index (χ0n) is 18.8. The zero-order chi connectivity index (χ0) is 23.1. The third-order valence-electron chi connectivity index (χ3n) is 7.17. The molecule has 1 aliphatic heterocycles. The third-order valence-corrected chi connectivity index (χ3v) is 7.40. The Kier molecular flexibility index (Phi) is 6.05. The number of hydrogen-bond donors (Lipinski definition) is 1. The minimum Gasteiger partial charge on any atom is -0.481 e. The summed E-state index contributed by atoms with van der Waals surface area (Å²) >= 11 is 6.39. The monoisotopic (exact) mass is 457 g/mol. The average molecular weight is 458 g/mol. The van der Waals surface area contributed by atoms with Gasteiger partial charge in [0.25, 0.3) is 0 Å². The van der Waals surface area contributed by atoms with Gasteiger partial charge in [-0.15, -0.1) is 4.65 Å². The van der Waals surface area contributed by atoms with Crippen molar-refractivity contribution in [3.8, 4) is 0 Å². The molecule has 1 unspecified atom stereocenters. The van der Waals surface area contributed by atoms with Crippen molar-refractivity contribution in [3.05, 3.63) is 70.2 Å². The number of benzene rings is 2. The summed E-state index contributed by atoms with van der Waals surface area (Å²) in [5.41, 5.74) is 3.48. The number of carbonyl (C=O) groups excluding carboxylic acids is 1. The number of hydrogen-bond acceptors (Lipinski definition) is 4. The molecule has 0 bridgehead atoms. The summed E-state index contributed by atoms with van der Waals surface area (Å²) in [5, 5.41) is 9.66. The molecular formula is C25H30ClN2O4+. The zero-order valence-corrected chi connectivity index (χ0v) is 19.5. The first-order valence-electron chi connectivity index (χ1n) is 11.0. The molecule has 32 heavy (non-hydrogen) atoms. The predicted molar refractivity (Wildman–Crippen MR) is 122 cm³/mol. The minimum absolute atomic E-state index is 0.0624. The molecule has 7 heteroatoms. The van der Waals surface area contributed by atoms with Crippen LogP contribution < -0.4 is 0 Å². The van der Waals surface area contributed by atoms with Crippen LogP contribution >= 0.6 is 11.6 Å².